The van der Waals surface area contributed by atoms with E-state index in [0.29, 0.717) is 17.2 Å². The number of nitrogens with two attached hydrogens (primary N) is 1. The number of anilines is 3. The van der Waals surface area contributed by atoms with Crippen LogP contribution < -0.4 is 15.8 Å². The number of rotatable bonds is 5. The smallest absolute Gasteiger partial charge is 0.262 e. The van der Waals surface area contributed by atoms with Crippen molar-refractivity contribution in [1.82, 2.24) is 25.1 Å². The predicted molar refractivity (Wildman–Crippen MR) is 99.2 cm³/mol. The summed E-state index contributed by atoms with van der Waals surface area (Å²) >= 11 is 0. The Labute approximate surface area is 154 Å². The van der Waals surface area contributed by atoms with Crippen molar-refractivity contribution in [1.29, 1.82) is 0 Å². The van der Waals surface area contributed by atoms with Gasteiger partial charge in [0.1, 0.15) is 5.75 Å². The first-order valence-electron chi connectivity index (χ1n) is 8.04. The van der Waals surface area contributed by atoms with Gasteiger partial charge in [-0.25, -0.2) is 0 Å². The van der Waals surface area contributed by atoms with Gasteiger partial charge >= 0.3 is 0 Å². The Morgan fingerprint density at radius 3 is 2.48 bits per heavy atom. The van der Waals surface area contributed by atoms with Crippen LogP contribution in [0.15, 0.2) is 59.1 Å². The Morgan fingerprint density at radius 2 is 1.67 bits per heavy atom. The number of hydrogen-bond donors (Lipinski definition) is 2. The van der Waals surface area contributed by atoms with Gasteiger partial charge < -0.3 is 20.3 Å². The van der Waals surface area contributed by atoms with E-state index in [1.165, 1.54) is 0 Å². The van der Waals surface area contributed by atoms with Crippen LogP contribution >= 0.6 is 0 Å². The lowest BCUT2D eigenvalue weighted by Crippen LogP contribution is -2.05. The first kappa shape index (κ1) is 16.5. The van der Waals surface area contributed by atoms with Gasteiger partial charge in [-0.3, -0.25) is 0 Å². The molecule has 4 rings (SSSR count). The third-order valence-electron chi connectivity index (χ3n) is 3.65. The minimum absolute atomic E-state index is 0.0436. The van der Waals surface area contributed by atoms with E-state index >= 15 is 0 Å². The van der Waals surface area contributed by atoms with Crippen molar-refractivity contribution in [2.24, 2.45) is 0 Å². The summed E-state index contributed by atoms with van der Waals surface area (Å²) in [5.41, 5.74) is 7.29. The molecule has 2 aromatic carbocycles. The molecule has 134 valence electrons. The summed E-state index contributed by atoms with van der Waals surface area (Å²) < 4.78 is 10.7. The van der Waals surface area contributed by atoms with E-state index in [4.69, 9.17) is 15.0 Å². The van der Waals surface area contributed by atoms with Crippen LogP contribution in [0.1, 0.15) is 0 Å². The Hall–Kier alpha value is -4.01. The minimum Gasteiger partial charge on any atom is -0.496 e. The fourth-order valence-electron chi connectivity index (χ4n) is 2.44. The molecular weight excluding hydrogens is 346 g/mol. The van der Waals surface area contributed by atoms with Crippen LogP contribution in [0.25, 0.3) is 23.1 Å². The summed E-state index contributed by atoms with van der Waals surface area (Å²) in [5, 5.41) is 7.01. The minimum atomic E-state index is 0.0436. The second kappa shape index (κ2) is 7.08. The molecule has 2 aromatic heterocycles. The molecule has 3 N–H and O–H groups in total. The second-order valence-corrected chi connectivity index (χ2v) is 5.46. The summed E-state index contributed by atoms with van der Waals surface area (Å²) in [6, 6.07) is 16.8. The summed E-state index contributed by atoms with van der Waals surface area (Å²) in [7, 11) is 1.57. The molecule has 0 atom stereocenters. The van der Waals surface area contributed by atoms with Gasteiger partial charge in [-0.1, -0.05) is 35.5 Å². The number of hydrogen-bond acceptors (Lipinski definition) is 9. The van der Waals surface area contributed by atoms with Crippen molar-refractivity contribution >= 4 is 17.6 Å². The van der Waals surface area contributed by atoms with E-state index in [2.05, 4.69) is 30.4 Å². The molecular formula is C18H15N7O2. The Bertz CT molecular complexity index is 1070. The van der Waals surface area contributed by atoms with Crippen LogP contribution in [0.3, 0.4) is 0 Å². The van der Waals surface area contributed by atoms with Gasteiger partial charge in [0.15, 0.2) is 0 Å². The van der Waals surface area contributed by atoms with E-state index in [-0.39, 0.29) is 23.5 Å². The number of aromatic nitrogens is 5. The van der Waals surface area contributed by atoms with Crippen molar-refractivity contribution in [3.05, 3.63) is 54.6 Å². The van der Waals surface area contributed by atoms with Crippen LogP contribution in [0.2, 0.25) is 0 Å². The largest absolute Gasteiger partial charge is 0.496 e. The molecule has 0 bridgehead atoms. The summed E-state index contributed by atoms with van der Waals surface area (Å²) in [6.07, 6.45) is 0. The quantitative estimate of drug-likeness (QED) is 0.552. The predicted octanol–water partition coefficient (Wildman–Crippen LogP) is 2.92. The fraction of sp³-hybridized carbons (Fsp3) is 0.0556. The highest BCUT2D eigenvalue weighted by atomic mass is 16.5. The normalized spacial score (nSPS) is 10.6. The molecule has 0 unspecified atom stereocenters. The van der Waals surface area contributed by atoms with Crippen molar-refractivity contribution in [2.45, 2.75) is 0 Å². The van der Waals surface area contributed by atoms with Crippen molar-refractivity contribution in [2.75, 3.05) is 18.2 Å². The Balaban J connectivity index is 1.67. The third kappa shape index (κ3) is 3.52. The topological polar surface area (TPSA) is 125 Å². The lowest BCUT2D eigenvalue weighted by atomic mass is 10.2. The molecule has 0 amide bonds. The van der Waals surface area contributed by atoms with Crippen molar-refractivity contribution in [3.63, 3.8) is 0 Å². The highest BCUT2D eigenvalue weighted by molar-refractivity contribution is 5.64. The zero-order chi connectivity index (χ0) is 18.6. The summed E-state index contributed by atoms with van der Waals surface area (Å²) in [6.45, 7) is 0. The average Bonchev–Trinajstić information content (AvgIpc) is 3.18. The molecule has 0 fully saturated rings. The Morgan fingerprint density at radius 1 is 0.889 bits per heavy atom. The molecule has 0 saturated carbocycles. The average molecular weight is 361 g/mol. The third-order valence-corrected chi connectivity index (χ3v) is 3.65. The molecule has 0 aliphatic rings. The van der Waals surface area contributed by atoms with Gasteiger partial charge in [0.25, 0.3) is 5.89 Å². The van der Waals surface area contributed by atoms with Crippen molar-refractivity contribution < 1.29 is 9.26 Å². The summed E-state index contributed by atoms with van der Waals surface area (Å²) in [4.78, 5) is 16.9. The SMILES string of the molecule is COc1ccccc1-c1nc(-c2nc(N)nc(Nc3ccccc3)n2)no1. The van der Waals surface area contributed by atoms with Gasteiger partial charge in [-0.05, 0) is 24.3 Å². The molecule has 0 radical (unpaired) electrons. The first-order valence-corrected chi connectivity index (χ1v) is 8.04. The monoisotopic (exact) mass is 361 g/mol. The molecule has 0 aliphatic heterocycles. The van der Waals surface area contributed by atoms with Crippen molar-refractivity contribution in [3.8, 4) is 28.9 Å². The van der Waals surface area contributed by atoms with E-state index in [1.807, 2.05) is 54.6 Å². The molecule has 0 saturated heterocycles. The molecule has 2 heterocycles. The van der Waals surface area contributed by atoms with E-state index < -0.39 is 0 Å². The number of benzene rings is 2. The van der Waals surface area contributed by atoms with Crippen LogP contribution in [-0.4, -0.2) is 32.2 Å². The number of nitrogens with one attached hydrogen (secondary N) is 1. The number of ether oxygens (including phenoxy) is 1. The van der Waals surface area contributed by atoms with Gasteiger partial charge in [0, 0.05) is 5.69 Å². The maximum Gasteiger partial charge on any atom is 0.262 e. The highest BCUT2D eigenvalue weighted by Crippen LogP contribution is 2.29. The number of nitrogens with zero attached hydrogens (tertiary/aromatic N) is 5. The molecule has 0 aliphatic carbocycles. The lowest BCUT2D eigenvalue weighted by molar-refractivity contribution is 0.405. The Kier molecular flexibility index (Phi) is 4.32. The zero-order valence-corrected chi connectivity index (χ0v) is 14.3. The van der Waals surface area contributed by atoms with Crippen LogP contribution in [-0.2, 0) is 0 Å². The standard InChI is InChI=1S/C18H15N7O2/c1-26-13-10-6-5-9-12(13)16-21-15(25-27-16)14-22-17(19)24-18(23-14)20-11-7-3-2-4-8-11/h2-10H,1H3,(H3,19,20,22,23,24). The van der Waals surface area contributed by atoms with Gasteiger partial charge in [-0.15, -0.1) is 0 Å². The molecule has 0 spiro atoms. The highest BCUT2D eigenvalue weighted by Gasteiger charge is 2.17. The van der Waals surface area contributed by atoms with Gasteiger partial charge in [0.2, 0.25) is 23.5 Å². The van der Waals surface area contributed by atoms with E-state index in [1.54, 1.807) is 7.11 Å². The number of nitrogen functional groups attached to an aromatic ring is 1. The molecule has 27 heavy (non-hydrogen) atoms. The second-order valence-electron chi connectivity index (χ2n) is 5.46. The van der Waals surface area contributed by atoms with E-state index in [9.17, 15) is 0 Å². The first-order chi connectivity index (χ1) is 13.2. The molecule has 9 nitrogen and oxygen atoms in total. The number of methoxy groups -OCH3 is 1. The maximum absolute atomic E-state index is 5.81. The van der Waals surface area contributed by atoms with E-state index in [0.717, 1.165) is 5.69 Å². The summed E-state index contributed by atoms with van der Waals surface area (Å²) in [5.74, 6) is 1.63. The van der Waals surface area contributed by atoms with Crippen LogP contribution in [0, 0.1) is 0 Å². The van der Waals surface area contributed by atoms with Crippen LogP contribution in [0.4, 0.5) is 17.6 Å². The number of para-hydroxylation sites is 2. The fourth-order valence-corrected chi connectivity index (χ4v) is 2.44. The molecule has 4 aromatic rings. The molecule has 9 heteroatoms. The van der Waals surface area contributed by atoms with Crippen LogP contribution in [0.5, 0.6) is 5.75 Å². The zero-order valence-electron chi connectivity index (χ0n) is 14.3. The van der Waals surface area contributed by atoms with Gasteiger partial charge in [0.05, 0.1) is 12.7 Å². The maximum atomic E-state index is 5.81. The lowest BCUT2D eigenvalue weighted by Gasteiger charge is -2.05. The van der Waals surface area contributed by atoms with Gasteiger partial charge in [-0.2, -0.15) is 19.9 Å².